The van der Waals surface area contributed by atoms with Crippen LogP contribution in [-0.4, -0.2) is 32.3 Å². The highest BCUT2D eigenvalue weighted by Gasteiger charge is 2.17. The molecule has 0 fully saturated rings. The smallest absolute Gasteiger partial charge is 0.261 e. The molecule has 0 aliphatic carbocycles. The number of rotatable bonds is 9. The van der Waals surface area contributed by atoms with Crippen LogP contribution in [0.3, 0.4) is 0 Å². The standard InChI is InChI=1S/C20H25NO4/c1-4-17(25-16-11-9-15(2)10-12-16)20(22)21-13-14-24-19-8-6-5-7-18(19)23-3/h5-12,17H,4,13-14H2,1-3H3,(H,21,22)/t17-/m1/s1. The molecule has 0 heterocycles. The molecule has 1 N–H and O–H groups in total. The molecule has 5 nitrogen and oxygen atoms in total. The van der Waals surface area contributed by atoms with Crippen molar-refractivity contribution in [2.45, 2.75) is 26.4 Å². The Bertz CT molecular complexity index is 670. The van der Waals surface area contributed by atoms with Crippen LogP contribution in [0.5, 0.6) is 17.2 Å². The Kier molecular flexibility index (Phi) is 7.14. The average molecular weight is 343 g/mol. The van der Waals surface area contributed by atoms with E-state index in [0.29, 0.717) is 36.8 Å². The highest BCUT2D eigenvalue weighted by molar-refractivity contribution is 5.81. The lowest BCUT2D eigenvalue weighted by Crippen LogP contribution is -2.39. The number of hydrogen-bond acceptors (Lipinski definition) is 4. The molecule has 0 spiro atoms. The molecule has 2 rings (SSSR count). The fourth-order valence-electron chi connectivity index (χ4n) is 2.29. The van der Waals surface area contributed by atoms with Crippen molar-refractivity contribution in [1.82, 2.24) is 5.32 Å². The van der Waals surface area contributed by atoms with Crippen LogP contribution in [0.15, 0.2) is 48.5 Å². The summed E-state index contributed by atoms with van der Waals surface area (Å²) in [7, 11) is 1.60. The third-order valence-electron chi connectivity index (χ3n) is 3.69. The molecule has 5 heteroatoms. The largest absolute Gasteiger partial charge is 0.493 e. The summed E-state index contributed by atoms with van der Waals surface area (Å²) in [6.45, 7) is 4.68. The van der Waals surface area contributed by atoms with E-state index in [1.54, 1.807) is 7.11 Å². The number of hydrogen-bond donors (Lipinski definition) is 1. The van der Waals surface area contributed by atoms with E-state index in [9.17, 15) is 4.79 Å². The van der Waals surface area contributed by atoms with E-state index in [2.05, 4.69) is 5.32 Å². The van der Waals surface area contributed by atoms with Crippen molar-refractivity contribution in [1.29, 1.82) is 0 Å². The zero-order chi connectivity index (χ0) is 18.1. The monoisotopic (exact) mass is 343 g/mol. The van der Waals surface area contributed by atoms with E-state index < -0.39 is 6.10 Å². The van der Waals surface area contributed by atoms with Crippen molar-refractivity contribution in [2.75, 3.05) is 20.3 Å². The van der Waals surface area contributed by atoms with E-state index in [1.165, 1.54) is 0 Å². The summed E-state index contributed by atoms with van der Waals surface area (Å²) < 4.78 is 16.6. The Labute approximate surface area is 148 Å². The quantitative estimate of drug-likeness (QED) is 0.710. The molecule has 1 atom stereocenters. The SMILES string of the molecule is CC[C@@H](Oc1ccc(C)cc1)C(=O)NCCOc1ccccc1OC. The molecule has 0 bridgehead atoms. The van der Waals surface area contributed by atoms with Crippen LogP contribution in [-0.2, 0) is 4.79 Å². The Hall–Kier alpha value is -2.69. The van der Waals surface area contributed by atoms with Crippen LogP contribution in [0.4, 0.5) is 0 Å². The minimum atomic E-state index is -0.519. The number of ether oxygens (including phenoxy) is 3. The lowest BCUT2D eigenvalue weighted by molar-refractivity contribution is -0.128. The zero-order valence-corrected chi connectivity index (χ0v) is 15.0. The molecule has 0 aliphatic rings. The van der Waals surface area contributed by atoms with Gasteiger partial charge in [0.2, 0.25) is 0 Å². The molecule has 0 saturated carbocycles. The van der Waals surface area contributed by atoms with Crippen LogP contribution in [0.2, 0.25) is 0 Å². The van der Waals surface area contributed by atoms with Crippen molar-refractivity contribution in [3.8, 4) is 17.2 Å². The molecule has 25 heavy (non-hydrogen) atoms. The van der Waals surface area contributed by atoms with Gasteiger partial charge in [-0.2, -0.15) is 0 Å². The summed E-state index contributed by atoms with van der Waals surface area (Å²) in [5, 5.41) is 2.84. The molecule has 2 aromatic carbocycles. The number of benzene rings is 2. The first kappa shape index (κ1) is 18.6. The van der Waals surface area contributed by atoms with Crippen LogP contribution < -0.4 is 19.5 Å². The highest BCUT2D eigenvalue weighted by atomic mass is 16.5. The van der Waals surface area contributed by atoms with Gasteiger partial charge in [-0.25, -0.2) is 0 Å². The van der Waals surface area contributed by atoms with Gasteiger partial charge in [-0.1, -0.05) is 36.8 Å². The summed E-state index contributed by atoms with van der Waals surface area (Å²) in [4.78, 5) is 12.3. The van der Waals surface area contributed by atoms with Crippen LogP contribution in [0.25, 0.3) is 0 Å². The van der Waals surface area contributed by atoms with Crippen molar-refractivity contribution in [3.05, 3.63) is 54.1 Å². The van der Waals surface area contributed by atoms with Gasteiger partial charge in [-0.15, -0.1) is 0 Å². The van der Waals surface area contributed by atoms with Gasteiger partial charge in [0.25, 0.3) is 5.91 Å². The number of carbonyl (C=O) groups excluding carboxylic acids is 1. The van der Waals surface area contributed by atoms with Gasteiger partial charge in [0, 0.05) is 0 Å². The second-order valence-electron chi connectivity index (χ2n) is 5.62. The van der Waals surface area contributed by atoms with E-state index in [1.807, 2.05) is 62.4 Å². The molecule has 0 saturated heterocycles. The van der Waals surface area contributed by atoms with E-state index in [4.69, 9.17) is 14.2 Å². The second-order valence-corrected chi connectivity index (χ2v) is 5.62. The predicted octanol–water partition coefficient (Wildman–Crippen LogP) is 3.36. The van der Waals surface area contributed by atoms with Gasteiger partial charge in [-0.3, -0.25) is 4.79 Å². The second kappa shape index (κ2) is 9.57. The van der Waals surface area contributed by atoms with Gasteiger partial charge < -0.3 is 19.5 Å². The highest BCUT2D eigenvalue weighted by Crippen LogP contribution is 2.25. The molecule has 0 radical (unpaired) electrons. The normalized spacial score (nSPS) is 11.5. The first-order valence-electron chi connectivity index (χ1n) is 8.41. The van der Waals surface area contributed by atoms with E-state index in [-0.39, 0.29) is 5.91 Å². The maximum absolute atomic E-state index is 12.3. The van der Waals surface area contributed by atoms with Gasteiger partial charge in [-0.05, 0) is 37.6 Å². The van der Waals surface area contributed by atoms with Gasteiger partial charge in [0.1, 0.15) is 12.4 Å². The third-order valence-corrected chi connectivity index (χ3v) is 3.69. The first-order chi connectivity index (χ1) is 12.1. The molecule has 0 aromatic heterocycles. The number of aryl methyl sites for hydroxylation is 1. The van der Waals surface area contributed by atoms with Crippen molar-refractivity contribution in [3.63, 3.8) is 0 Å². The van der Waals surface area contributed by atoms with Crippen molar-refractivity contribution >= 4 is 5.91 Å². The average Bonchev–Trinajstić information content (AvgIpc) is 2.64. The third kappa shape index (κ3) is 5.71. The number of carbonyl (C=O) groups is 1. The fourth-order valence-corrected chi connectivity index (χ4v) is 2.29. The fraction of sp³-hybridized carbons (Fsp3) is 0.350. The lowest BCUT2D eigenvalue weighted by atomic mass is 10.2. The molecule has 1 amide bonds. The van der Waals surface area contributed by atoms with Crippen molar-refractivity contribution in [2.24, 2.45) is 0 Å². The van der Waals surface area contributed by atoms with E-state index >= 15 is 0 Å². The molecular formula is C20H25NO4. The molecule has 0 aliphatic heterocycles. The molecular weight excluding hydrogens is 318 g/mol. The maximum atomic E-state index is 12.3. The maximum Gasteiger partial charge on any atom is 0.261 e. The molecule has 134 valence electrons. The minimum absolute atomic E-state index is 0.147. The number of para-hydroxylation sites is 2. The first-order valence-corrected chi connectivity index (χ1v) is 8.41. The van der Waals surface area contributed by atoms with Gasteiger partial charge >= 0.3 is 0 Å². The Morgan fingerprint density at radius 2 is 1.76 bits per heavy atom. The predicted molar refractivity (Wildman–Crippen MR) is 97.4 cm³/mol. The summed E-state index contributed by atoms with van der Waals surface area (Å²) in [5.41, 5.74) is 1.15. The molecule has 2 aromatic rings. The van der Waals surface area contributed by atoms with E-state index in [0.717, 1.165) is 5.56 Å². The minimum Gasteiger partial charge on any atom is -0.493 e. The topological polar surface area (TPSA) is 56.8 Å². The lowest BCUT2D eigenvalue weighted by Gasteiger charge is -2.17. The summed E-state index contributed by atoms with van der Waals surface area (Å²) in [5.74, 6) is 1.87. The summed E-state index contributed by atoms with van der Waals surface area (Å²) >= 11 is 0. The Balaban J connectivity index is 1.78. The summed E-state index contributed by atoms with van der Waals surface area (Å²) in [6, 6.07) is 15.1. The number of amides is 1. The van der Waals surface area contributed by atoms with Gasteiger partial charge in [0.15, 0.2) is 17.6 Å². The Morgan fingerprint density at radius 3 is 2.40 bits per heavy atom. The van der Waals surface area contributed by atoms with Crippen LogP contribution >= 0.6 is 0 Å². The Morgan fingerprint density at radius 1 is 1.08 bits per heavy atom. The summed E-state index contributed by atoms with van der Waals surface area (Å²) in [6.07, 6.45) is 0.0709. The van der Waals surface area contributed by atoms with Crippen LogP contribution in [0.1, 0.15) is 18.9 Å². The molecule has 0 unspecified atom stereocenters. The zero-order valence-electron chi connectivity index (χ0n) is 15.0. The van der Waals surface area contributed by atoms with Crippen LogP contribution in [0, 0.1) is 6.92 Å². The number of methoxy groups -OCH3 is 1. The number of nitrogens with one attached hydrogen (secondary N) is 1. The van der Waals surface area contributed by atoms with Crippen molar-refractivity contribution < 1.29 is 19.0 Å². The van der Waals surface area contributed by atoms with Gasteiger partial charge in [0.05, 0.1) is 13.7 Å².